The zero-order valence-corrected chi connectivity index (χ0v) is 49.6. The van der Waals surface area contributed by atoms with E-state index in [2.05, 4.69) is 111 Å². The minimum Gasteiger partial charge on any atom is -0.0654 e. The molecule has 66 heavy (non-hydrogen) atoms. The molecule has 0 heteroatoms. The number of rotatable bonds is 8. The molecule has 0 aromatic carbocycles. The second-order valence-electron chi connectivity index (χ2n) is 27.9. The Kier molecular flexibility index (Phi) is 32.6. The van der Waals surface area contributed by atoms with Crippen LogP contribution in [0, 0.1) is 49.7 Å². The van der Waals surface area contributed by atoms with Gasteiger partial charge in [-0.3, -0.25) is 0 Å². The maximum absolute atomic E-state index is 2.47. The van der Waals surface area contributed by atoms with E-state index in [1.807, 2.05) is 0 Å². The molecule has 0 saturated heterocycles. The van der Waals surface area contributed by atoms with Crippen LogP contribution >= 0.6 is 0 Å². The zero-order valence-electron chi connectivity index (χ0n) is 49.6. The summed E-state index contributed by atoms with van der Waals surface area (Å²) in [6.07, 6.45) is 59.8. The highest BCUT2D eigenvalue weighted by Crippen LogP contribution is 2.44. The predicted octanol–water partition coefficient (Wildman–Crippen LogP) is 24.4. The molecule has 0 spiro atoms. The van der Waals surface area contributed by atoms with Crippen molar-refractivity contribution in [3.8, 4) is 0 Å². The zero-order chi connectivity index (χ0) is 49.6. The fourth-order valence-corrected chi connectivity index (χ4v) is 13.9. The third kappa shape index (κ3) is 27.6. The van der Waals surface area contributed by atoms with Crippen LogP contribution in [-0.2, 0) is 0 Å². The molecule has 7 aliphatic rings. The van der Waals surface area contributed by atoms with E-state index in [1.54, 1.807) is 0 Å². The van der Waals surface area contributed by atoms with E-state index in [9.17, 15) is 0 Å². The Balaban J connectivity index is 0.000000385. The van der Waals surface area contributed by atoms with Crippen molar-refractivity contribution < 1.29 is 0 Å². The Bertz CT molecular complexity index is 1040. The van der Waals surface area contributed by atoms with Crippen LogP contribution in [0.1, 0.15) is 374 Å². The van der Waals surface area contributed by atoms with Crippen LogP contribution in [0.4, 0.5) is 0 Å². The molecule has 4 unspecified atom stereocenters. The van der Waals surface area contributed by atoms with Crippen LogP contribution in [0.3, 0.4) is 0 Å². The fraction of sp³-hybridized carbons (Fsp3) is 1.00. The molecule has 0 heterocycles. The summed E-state index contributed by atoms with van der Waals surface area (Å²) in [6, 6.07) is 0. The topological polar surface area (TPSA) is 0 Å². The molecule has 7 fully saturated rings. The molecule has 4 atom stereocenters. The van der Waals surface area contributed by atoms with E-state index < -0.39 is 0 Å². The average Bonchev–Trinajstić information content (AvgIpc) is 3.30. The summed E-state index contributed by atoms with van der Waals surface area (Å²) in [5.41, 5.74) is 4.95. The van der Waals surface area contributed by atoms with Crippen LogP contribution < -0.4 is 0 Å². The monoisotopic (exact) mass is 925 g/mol. The lowest BCUT2D eigenvalue weighted by atomic mass is 9.67. The van der Waals surface area contributed by atoms with E-state index in [0.29, 0.717) is 16.2 Å². The molecule has 0 aromatic rings. The molecule has 0 N–H and O–H groups in total. The van der Waals surface area contributed by atoms with E-state index in [4.69, 9.17) is 0 Å². The normalized spacial score (nSPS) is 30.5. The lowest BCUT2D eigenvalue weighted by Crippen LogP contribution is -2.27. The van der Waals surface area contributed by atoms with E-state index >= 15 is 0 Å². The van der Waals surface area contributed by atoms with Gasteiger partial charge >= 0.3 is 0 Å². The van der Waals surface area contributed by atoms with Gasteiger partial charge in [0, 0.05) is 0 Å². The van der Waals surface area contributed by atoms with E-state index in [0.717, 1.165) is 33.5 Å². The molecular weight excluding hydrogens is 793 g/mol. The minimum absolute atomic E-state index is 0.679. The SMILES string of the molecule is CC1(C)CCCCC1.CCC1(C)CCCC(C)C1.CCC1(C)CCCCC1.CCC1(C)CCCCC1.CCC1(C)CCCCC1C.CCCC1(C)CCCCC1.CCCC1(C)CCCCC1. The van der Waals surface area contributed by atoms with Gasteiger partial charge in [-0.1, -0.05) is 278 Å². The van der Waals surface area contributed by atoms with Gasteiger partial charge in [0.1, 0.15) is 0 Å². The first kappa shape index (κ1) is 64.0. The first-order chi connectivity index (χ1) is 31.1. The summed E-state index contributed by atoms with van der Waals surface area (Å²) in [5, 5.41) is 0. The molecule has 7 rings (SSSR count). The minimum atomic E-state index is 0.679. The second-order valence-corrected chi connectivity index (χ2v) is 27.9. The largest absolute Gasteiger partial charge is 0.0654 e. The van der Waals surface area contributed by atoms with Gasteiger partial charge in [-0.15, -0.1) is 0 Å². The number of hydrogen-bond donors (Lipinski definition) is 0. The van der Waals surface area contributed by atoms with Crippen LogP contribution in [0.5, 0.6) is 0 Å². The first-order valence-corrected chi connectivity index (χ1v) is 31.1. The van der Waals surface area contributed by atoms with Gasteiger partial charge in [0.2, 0.25) is 0 Å². The van der Waals surface area contributed by atoms with Crippen LogP contribution in [0.2, 0.25) is 0 Å². The molecular formula is C66H132. The lowest BCUT2D eigenvalue weighted by Gasteiger charge is -2.39. The van der Waals surface area contributed by atoms with Gasteiger partial charge < -0.3 is 0 Å². The lowest BCUT2D eigenvalue weighted by molar-refractivity contribution is 0.125. The van der Waals surface area contributed by atoms with Gasteiger partial charge in [-0.25, -0.2) is 0 Å². The smallest absolute Gasteiger partial charge is 0.0303 e. The Morgan fingerprint density at radius 1 is 0.303 bits per heavy atom. The predicted molar refractivity (Wildman–Crippen MR) is 304 cm³/mol. The van der Waals surface area contributed by atoms with Crippen LogP contribution in [0.25, 0.3) is 0 Å². The molecule has 0 amide bonds. The van der Waals surface area contributed by atoms with Crippen molar-refractivity contribution in [2.24, 2.45) is 49.7 Å². The van der Waals surface area contributed by atoms with Gasteiger partial charge in [0.05, 0.1) is 0 Å². The molecule has 7 aliphatic carbocycles. The Morgan fingerprint density at radius 2 is 0.621 bits per heavy atom. The Morgan fingerprint density at radius 3 is 0.848 bits per heavy atom. The maximum Gasteiger partial charge on any atom is -0.0303 e. The van der Waals surface area contributed by atoms with Crippen molar-refractivity contribution in [2.75, 3.05) is 0 Å². The second kappa shape index (κ2) is 33.6. The average molecular weight is 926 g/mol. The van der Waals surface area contributed by atoms with Crippen LogP contribution in [-0.4, -0.2) is 0 Å². The number of hydrogen-bond acceptors (Lipinski definition) is 0. The summed E-state index contributed by atoms with van der Waals surface area (Å²) in [6.45, 7) is 38.2. The fourth-order valence-electron chi connectivity index (χ4n) is 13.9. The van der Waals surface area contributed by atoms with Crippen molar-refractivity contribution in [3.63, 3.8) is 0 Å². The van der Waals surface area contributed by atoms with Crippen LogP contribution in [0.15, 0.2) is 0 Å². The molecule has 0 aromatic heterocycles. The van der Waals surface area contributed by atoms with E-state index in [1.165, 1.54) is 263 Å². The van der Waals surface area contributed by atoms with Crippen molar-refractivity contribution >= 4 is 0 Å². The molecule has 396 valence electrons. The summed E-state index contributed by atoms with van der Waals surface area (Å²) in [5.74, 6) is 1.95. The standard InChI is InChI=1S/4C10H20.2C9H18.C8H16/c1-4-10(3)7-5-6-9(2)8-10;1-4-10(3)8-6-5-7-9(10)2;2*1-3-7-10(2)8-5-4-6-9-10;2*1-3-9(2)7-5-4-6-8-9;1-8(2)6-4-3-5-7-8/h2*9H,4-8H2,1-3H3;2*3-9H2,1-2H3;2*3-8H2,1-2H3;3-7H2,1-2H3. The van der Waals surface area contributed by atoms with Gasteiger partial charge in [-0.05, 0) is 146 Å². The molecule has 0 bridgehead atoms. The Hall–Kier alpha value is 0. The van der Waals surface area contributed by atoms with Crippen molar-refractivity contribution in [3.05, 3.63) is 0 Å². The molecule has 0 nitrogen and oxygen atoms in total. The summed E-state index contributed by atoms with van der Waals surface area (Å²) in [7, 11) is 0. The van der Waals surface area contributed by atoms with Crippen molar-refractivity contribution in [2.45, 2.75) is 374 Å². The van der Waals surface area contributed by atoms with Gasteiger partial charge in [-0.2, -0.15) is 0 Å². The maximum atomic E-state index is 2.47. The Labute approximate surface area is 421 Å². The van der Waals surface area contributed by atoms with Gasteiger partial charge in [0.25, 0.3) is 0 Å². The molecule has 0 aliphatic heterocycles. The highest BCUT2D eigenvalue weighted by atomic mass is 14.4. The van der Waals surface area contributed by atoms with Crippen molar-refractivity contribution in [1.82, 2.24) is 0 Å². The summed E-state index contributed by atoms with van der Waals surface area (Å²) < 4.78 is 0. The quantitative estimate of drug-likeness (QED) is 0.228. The van der Waals surface area contributed by atoms with E-state index in [-0.39, 0.29) is 0 Å². The third-order valence-corrected chi connectivity index (χ3v) is 20.7. The highest BCUT2D eigenvalue weighted by Gasteiger charge is 2.32. The summed E-state index contributed by atoms with van der Waals surface area (Å²) >= 11 is 0. The van der Waals surface area contributed by atoms with Crippen molar-refractivity contribution in [1.29, 1.82) is 0 Å². The highest BCUT2D eigenvalue weighted by molar-refractivity contribution is 4.83. The first-order valence-electron chi connectivity index (χ1n) is 31.1. The molecule has 7 saturated carbocycles. The third-order valence-electron chi connectivity index (χ3n) is 20.7. The van der Waals surface area contributed by atoms with Gasteiger partial charge in [0.15, 0.2) is 0 Å². The molecule has 0 radical (unpaired) electrons. The summed E-state index contributed by atoms with van der Waals surface area (Å²) in [4.78, 5) is 0.